The lowest BCUT2D eigenvalue weighted by atomic mass is 9.96. The third-order valence-corrected chi connectivity index (χ3v) is 3.99. The zero-order chi connectivity index (χ0) is 14.2. The van der Waals surface area contributed by atoms with Crippen molar-refractivity contribution in [1.29, 1.82) is 5.26 Å². The fourth-order valence-corrected chi connectivity index (χ4v) is 2.85. The van der Waals surface area contributed by atoms with Gasteiger partial charge in [0.2, 0.25) is 5.91 Å². The van der Waals surface area contributed by atoms with Crippen LogP contribution in [0.1, 0.15) is 56.1 Å². The van der Waals surface area contributed by atoms with Gasteiger partial charge in [0.25, 0.3) is 0 Å². The summed E-state index contributed by atoms with van der Waals surface area (Å²) in [5.74, 6) is 0.696. The first-order chi connectivity index (χ1) is 9.78. The molecule has 1 N–H and O–H groups in total. The van der Waals surface area contributed by atoms with Crippen molar-refractivity contribution >= 4 is 5.91 Å². The third-order valence-electron chi connectivity index (χ3n) is 3.99. The monoisotopic (exact) mass is 270 g/mol. The molecule has 0 bridgehead atoms. The maximum Gasteiger partial charge on any atom is 0.220 e. The van der Waals surface area contributed by atoms with E-state index < -0.39 is 0 Å². The molecule has 0 spiro atoms. The van der Waals surface area contributed by atoms with Gasteiger partial charge < -0.3 is 5.32 Å². The van der Waals surface area contributed by atoms with E-state index in [4.69, 9.17) is 5.26 Å². The van der Waals surface area contributed by atoms with E-state index in [0.29, 0.717) is 24.4 Å². The standard InChI is InChI=1S/C17H22N2O/c18-12-15-8-5-9-16(10-15)13-19-17(20)11-14-6-3-1-2-4-7-14/h5,8-10,14H,1-4,6-7,11,13H2,(H,19,20). The summed E-state index contributed by atoms with van der Waals surface area (Å²) in [4.78, 5) is 12.0. The first-order valence-corrected chi connectivity index (χ1v) is 7.53. The first kappa shape index (κ1) is 14.6. The summed E-state index contributed by atoms with van der Waals surface area (Å²) in [6.45, 7) is 0.515. The number of hydrogen-bond donors (Lipinski definition) is 1. The van der Waals surface area contributed by atoms with Crippen molar-refractivity contribution in [3.63, 3.8) is 0 Å². The Bertz CT molecular complexity index is 482. The largest absolute Gasteiger partial charge is 0.352 e. The highest BCUT2D eigenvalue weighted by Crippen LogP contribution is 2.25. The molecule has 2 rings (SSSR count). The third kappa shape index (κ3) is 4.70. The predicted molar refractivity (Wildman–Crippen MR) is 78.8 cm³/mol. The lowest BCUT2D eigenvalue weighted by molar-refractivity contribution is -0.122. The lowest BCUT2D eigenvalue weighted by Gasteiger charge is -2.13. The molecular weight excluding hydrogens is 248 g/mol. The molecule has 0 heterocycles. The number of hydrogen-bond acceptors (Lipinski definition) is 2. The van der Waals surface area contributed by atoms with Gasteiger partial charge in [0, 0.05) is 13.0 Å². The average molecular weight is 270 g/mol. The number of benzene rings is 1. The molecule has 20 heavy (non-hydrogen) atoms. The fourth-order valence-electron chi connectivity index (χ4n) is 2.85. The van der Waals surface area contributed by atoms with Crippen molar-refractivity contribution in [3.05, 3.63) is 35.4 Å². The van der Waals surface area contributed by atoms with Crippen molar-refractivity contribution in [1.82, 2.24) is 5.32 Å². The summed E-state index contributed by atoms with van der Waals surface area (Å²) in [6.07, 6.45) is 8.20. The van der Waals surface area contributed by atoms with Gasteiger partial charge in [-0.1, -0.05) is 37.8 Å². The van der Waals surface area contributed by atoms with Gasteiger partial charge in [-0.2, -0.15) is 5.26 Å². The molecule has 1 aliphatic carbocycles. The number of carbonyl (C=O) groups excluding carboxylic acids is 1. The molecule has 0 saturated heterocycles. The number of nitrogens with one attached hydrogen (secondary N) is 1. The molecular formula is C17H22N2O. The topological polar surface area (TPSA) is 52.9 Å². The summed E-state index contributed by atoms with van der Waals surface area (Å²) >= 11 is 0. The Kier molecular flexibility index (Phi) is 5.61. The smallest absolute Gasteiger partial charge is 0.220 e. The van der Waals surface area contributed by atoms with Crippen LogP contribution in [0.25, 0.3) is 0 Å². The summed E-state index contributed by atoms with van der Waals surface area (Å²) in [5, 5.41) is 11.8. The molecule has 1 aromatic carbocycles. The van der Waals surface area contributed by atoms with E-state index in [-0.39, 0.29) is 5.91 Å². The molecule has 1 aliphatic rings. The molecule has 0 atom stereocenters. The Morgan fingerprint density at radius 3 is 2.70 bits per heavy atom. The SMILES string of the molecule is N#Cc1cccc(CNC(=O)CC2CCCCCC2)c1. The van der Waals surface area contributed by atoms with E-state index in [1.165, 1.54) is 38.5 Å². The summed E-state index contributed by atoms with van der Waals surface area (Å²) in [7, 11) is 0. The Hall–Kier alpha value is -1.82. The van der Waals surface area contributed by atoms with Gasteiger partial charge in [-0.25, -0.2) is 0 Å². The number of carbonyl (C=O) groups is 1. The Labute approximate surface area is 121 Å². The van der Waals surface area contributed by atoms with Crippen LogP contribution in [0.2, 0.25) is 0 Å². The molecule has 1 aromatic rings. The average Bonchev–Trinajstić information content (AvgIpc) is 2.74. The van der Waals surface area contributed by atoms with Gasteiger partial charge in [-0.05, 0) is 36.5 Å². The second kappa shape index (κ2) is 7.69. The van der Waals surface area contributed by atoms with Gasteiger partial charge in [0.15, 0.2) is 0 Å². The molecule has 0 unspecified atom stereocenters. The number of rotatable bonds is 4. The van der Waals surface area contributed by atoms with Crippen LogP contribution < -0.4 is 5.32 Å². The molecule has 0 radical (unpaired) electrons. The van der Waals surface area contributed by atoms with Crippen LogP contribution in [-0.4, -0.2) is 5.91 Å². The van der Waals surface area contributed by atoms with Gasteiger partial charge in [-0.3, -0.25) is 4.79 Å². The minimum absolute atomic E-state index is 0.138. The summed E-state index contributed by atoms with van der Waals surface area (Å²) < 4.78 is 0. The van der Waals surface area contributed by atoms with E-state index in [0.717, 1.165) is 5.56 Å². The normalized spacial score (nSPS) is 16.1. The number of nitriles is 1. The highest BCUT2D eigenvalue weighted by atomic mass is 16.1. The molecule has 0 aliphatic heterocycles. The fraction of sp³-hybridized carbons (Fsp3) is 0.529. The van der Waals surface area contributed by atoms with Gasteiger partial charge in [0.05, 0.1) is 11.6 Å². The van der Waals surface area contributed by atoms with E-state index in [1.54, 1.807) is 6.07 Å². The van der Waals surface area contributed by atoms with Crippen LogP contribution in [-0.2, 0) is 11.3 Å². The van der Waals surface area contributed by atoms with Gasteiger partial charge in [0.1, 0.15) is 0 Å². The molecule has 3 nitrogen and oxygen atoms in total. The van der Waals surface area contributed by atoms with Crippen LogP contribution in [0.3, 0.4) is 0 Å². The molecule has 3 heteroatoms. The van der Waals surface area contributed by atoms with E-state index in [1.807, 2.05) is 18.2 Å². The van der Waals surface area contributed by atoms with E-state index in [9.17, 15) is 4.79 Å². The molecule has 0 aromatic heterocycles. The van der Waals surface area contributed by atoms with Crippen molar-refractivity contribution in [3.8, 4) is 6.07 Å². The van der Waals surface area contributed by atoms with E-state index >= 15 is 0 Å². The van der Waals surface area contributed by atoms with Crippen LogP contribution >= 0.6 is 0 Å². The van der Waals surface area contributed by atoms with Crippen LogP contribution in [0, 0.1) is 17.2 Å². The second-order valence-corrected chi connectivity index (χ2v) is 5.65. The minimum atomic E-state index is 0.138. The zero-order valence-corrected chi connectivity index (χ0v) is 11.9. The summed E-state index contributed by atoms with van der Waals surface area (Å²) in [6, 6.07) is 9.50. The van der Waals surface area contributed by atoms with E-state index in [2.05, 4.69) is 11.4 Å². The van der Waals surface area contributed by atoms with Crippen LogP contribution in [0.5, 0.6) is 0 Å². The number of amides is 1. The van der Waals surface area contributed by atoms with Crippen molar-refractivity contribution in [2.45, 2.75) is 51.5 Å². The molecule has 1 amide bonds. The van der Waals surface area contributed by atoms with Crippen molar-refractivity contribution < 1.29 is 4.79 Å². The van der Waals surface area contributed by atoms with Crippen LogP contribution in [0.15, 0.2) is 24.3 Å². The zero-order valence-electron chi connectivity index (χ0n) is 11.9. The Morgan fingerprint density at radius 1 is 1.25 bits per heavy atom. The maximum atomic E-state index is 12.0. The lowest BCUT2D eigenvalue weighted by Crippen LogP contribution is -2.25. The highest BCUT2D eigenvalue weighted by Gasteiger charge is 2.15. The van der Waals surface area contributed by atoms with Crippen LogP contribution in [0.4, 0.5) is 0 Å². The molecule has 1 saturated carbocycles. The number of nitrogens with zero attached hydrogens (tertiary/aromatic N) is 1. The summed E-state index contributed by atoms with van der Waals surface area (Å²) in [5.41, 5.74) is 1.62. The minimum Gasteiger partial charge on any atom is -0.352 e. The highest BCUT2D eigenvalue weighted by molar-refractivity contribution is 5.76. The molecule has 106 valence electrons. The van der Waals surface area contributed by atoms with Crippen molar-refractivity contribution in [2.24, 2.45) is 5.92 Å². The maximum absolute atomic E-state index is 12.0. The second-order valence-electron chi connectivity index (χ2n) is 5.65. The van der Waals surface area contributed by atoms with Gasteiger partial charge in [-0.15, -0.1) is 0 Å². The predicted octanol–water partition coefficient (Wildman–Crippen LogP) is 3.53. The first-order valence-electron chi connectivity index (χ1n) is 7.53. The van der Waals surface area contributed by atoms with Gasteiger partial charge >= 0.3 is 0 Å². The van der Waals surface area contributed by atoms with Crippen molar-refractivity contribution in [2.75, 3.05) is 0 Å². The Morgan fingerprint density at radius 2 is 2.00 bits per heavy atom. The Balaban J connectivity index is 1.78. The quantitative estimate of drug-likeness (QED) is 0.851. The molecule has 1 fully saturated rings.